The van der Waals surface area contributed by atoms with Gasteiger partial charge in [0.05, 0.1) is 11.0 Å². The van der Waals surface area contributed by atoms with Gasteiger partial charge in [0.2, 0.25) is 5.89 Å². The Morgan fingerprint density at radius 2 is 2.22 bits per heavy atom. The van der Waals surface area contributed by atoms with Crippen molar-refractivity contribution < 1.29 is 13.7 Å². The minimum atomic E-state index is -0.716. The molecule has 0 aliphatic heterocycles. The second-order valence-corrected chi connectivity index (χ2v) is 4.13. The molecule has 1 aromatic carbocycles. The number of halogens is 2. The molecule has 2 rings (SSSR count). The molecule has 8 heteroatoms. The van der Waals surface area contributed by atoms with Gasteiger partial charge < -0.3 is 4.42 Å². The highest BCUT2D eigenvalue weighted by Crippen LogP contribution is 2.31. The van der Waals surface area contributed by atoms with Gasteiger partial charge in [-0.1, -0.05) is 0 Å². The van der Waals surface area contributed by atoms with Gasteiger partial charge in [-0.3, -0.25) is 10.1 Å². The Morgan fingerprint density at radius 3 is 2.78 bits per heavy atom. The average molecular weight is 272 g/mol. The monoisotopic (exact) mass is 271 g/mol. The van der Waals surface area contributed by atoms with Crippen molar-refractivity contribution in [1.82, 2.24) is 10.2 Å². The maximum absolute atomic E-state index is 13.0. The molecule has 0 saturated carbocycles. The summed E-state index contributed by atoms with van der Waals surface area (Å²) >= 11 is 5.74. The molecule has 0 N–H and O–H groups in total. The summed E-state index contributed by atoms with van der Waals surface area (Å²) in [5.74, 6) is -0.634. The maximum atomic E-state index is 13.0. The molecular weight excluding hydrogens is 265 g/mol. The Bertz CT molecular complexity index is 600. The standard InChI is InChI=1S/C10H7ClFN3O3/c1-5(11)9-13-14-10(18-9)7-3-2-6(12)4-8(7)15(16)17/h2-5H,1H3. The van der Waals surface area contributed by atoms with E-state index in [1.165, 1.54) is 6.07 Å². The smallest absolute Gasteiger partial charge is 0.285 e. The van der Waals surface area contributed by atoms with Crippen LogP contribution in [0, 0.1) is 15.9 Å². The van der Waals surface area contributed by atoms with Crippen molar-refractivity contribution in [3.63, 3.8) is 0 Å². The minimum Gasteiger partial charge on any atom is -0.419 e. The molecule has 1 heterocycles. The molecule has 0 bridgehead atoms. The molecule has 0 aliphatic rings. The normalized spacial score (nSPS) is 12.4. The Morgan fingerprint density at radius 1 is 1.50 bits per heavy atom. The fourth-order valence-electron chi connectivity index (χ4n) is 1.34. The number of benzene rings is 1. The van der Waals surface area contributed by atoms with Gasteiger partial charge in [-0.15, -0.1) is 21.8 Å². The molecule has 0 aliphatic carbocycles. The fraction of sp³-hybridized carbons (Fsp3) is 0.200. The van der Waals surface area contributed by atoms with Crippen molar-refractivity contribution in [1.29, 1.82) is 0 Å². The predicted octanol–water partition coefficient (Wildman–Crippen LogP) is 3.08. The topological polar surface area (TPSA) is 82.1 Å². The van der Waals surface area contributed by atoms with Gasteiger partial charge in [-0.05, 0) is 19.1 Å². The van der Waals surface area contributed by atoms with Gasteiger partial charge in [-0.25, -0.2) is 4.39 Å². The first-order valence-electron chi connectivity index (χ1n) is 4.91. The van der Waals surface area contributed by atoms with Gasteiger partial charge in [0.1, 0.15) is 16.8 Å². The molecule has 0 spiro atoms. The number of hydrogen-bond donors (Lipinski definition) is 0. The van der Waals surface area contributed by atoms with Crippen LogP contribution in [-0.2, 0) is 0 Å². The molecule has 1 aromatic heterocycles. The van der Waals surface area contributed by atoms with E-state index in [1.807, 2.05) is 0 Å². The van der Waals surface area contributed by atoms with E-state index in [0.29, 0.717) is 0 Å². The van der Waals surface area contributed by atoms with Crippen LogP contribution in [0.5, 0.6) is 0 Å². The number of alkyl halides is 1. The van der Waals surface area contributed by atoms with Crippen molar-refractivity contribution >= 4 is 17.3 Å². The molecule has 0 fully saturated rings. The van der Waals surface area contributed by atoms with Crippen molar-refractivity contribution in [3.8, 4) is 11.5 Å². The number of nitro benzene ring substituents is 1. The van der Waals surface area contributed by atoms with Crippen LogP contribution in [0.2, 0.25) is 0 Å². The highest BCUT2D eigenvalue weighted by atomic mass is 35.5. The molecule has 1 unspecified atom stereocenters. The third-order valence-electron chi connectivity index (χ3n) is 2.17. The largest absolute Gasteiger partial charge is 0.419 e. The molecule has 0 amide bonds. The SMILES string of the molecule is CC(Cl)c1nnc(-c2ccc(F)cc2[N+](=O)[O-])o1. The summed E-state index contributed by atoms with van der Waals surface area (Å²) in [7, 11) is 0. The lowest BCUT2D eigenvalue weighted by molar-refractivity contribution is -0.384. The first-order valence-corrected chi connectivity index (χ1v) is 5.34. The third kappa shape index (κ3) is 2.30. The van der Waals surface area contributed by atoms with Gasteiger partial charge in [0, 0.05) is 0 Å². The minimum absolute atomic E-state index is 0.0532. The predicted molar refractivity (Wildman–Crippen MR) is 60.6 cm³/mol. The number of nitrogens with zero attached hydrogens (tertiary/aromatic N) is 3. The van der Waals surface area contributed by atoms with Crippen LogP contribution in [0.4, 0.5) is 10.1 Å². The van der Waals surface area contributed by atoms with Gasteiger partial charge >= 0.3 is 0 Å². The van der Waals surface area contributed by atoms with Gasteiger partial charge in [-0.2, -0.15) is 0 Å². The van der Waals surface area contributed by atoms with Crippen LogP contribution in [0.15, 0.2) is 22.6 Å². The molecule has 1 atom stereocenters. The van der Waals surface area contributed by atoms with Crippen molar-refractivity contribution in [2.45, 2.75) is 12.3 Å². The fourth-order valence-corrected chi connectivity index (χ4v) is 1.43. The first kappa shape index (κ1) is 12.4. The van der Waals surface area contributed by atoms with Gasteiger partial charge in [0.15, 0.2) is 0 Å². The van der Waals surface area contributed by atoms with Crippen LogP contribution in [-0.4, -0.2) is 15.1 Å². The molecule has 2 aromatic rings. The molecular formula is C10H7ClFN3O3. The van der Waals surface area contributed by atoms with Crippen molar-refractivity contribution in [2.75, 3.05) is 0 Å². The van der Waals surface area contributed by atoms with E-state index >= 15 is 0 Å². The van der Waals surface area contributed by atoms with Crippen LogP contribution in [0.3, 0.4) is 0 Å². The first-order chi connectivity index (χ1) is 8.49. The van der Waals surface area contributed by atoms with E-state index in [2.05, 4.69) is 10.2 Å². The number of aromatic nitrogens is 2. The summed E-state index contributed by atoms with van der Waals surface area (Å²) in [6, 6.07) is 3.09. The van der Waals surface area contributed by atoms with E-state index in [-0.39, 0.29) is 17.3 Å². The second kappa shape index (κ2) is 4.69. The van der Waals surface area contributed by atoms with Crippen LogP contribution in [0.1, 0.15) is 18.2 Å². The lowest BCUT2D eigenvalue weighted by Crippen LogP contribution is -1.93. The lowest BCUT2D eigenvalue weighted by Gasteiger charge is -1.98. The summed E-state index contributed by atoms with van der Waals surface area (Å²) < 4.78 is 18.1. The van der Waals surface area contributed by atoms with Gasteiger partial charge in [0.25, 0.3) is 11.6 Å². The summed E-state index contributed by atoms with van der Waals surface area (Å²) in [5.41, 5.74) is -0.384. The highest BCUT2D eigenvalue weighted by molar-refractivity contribution is 6.20. The summed E-state index contributed by atoms with van der Waals surface area (Å²) in [6.07, 6.45) is 0. The molecule has 0 saturated heterocycles. The summed E-state index contributed by atoms with van der Waals surface area (Å²) in [6.45, 7) is 1.62. The zero-order valence-electron chi connectivity index (χ0n) is 9.13. The average Bonchev–Trinajstić information content (AvgIpc) is 2.78. The molecule has 0 radical (unpaired) electrons. The second-order valence-electron chi connectivity index (χ2n) is 3.48. The Kier molecular flexibility index (Phi) is 3.24. The molecule has 94 valence electrons. The summed E-state index contributed by atoms with van der Waals surface area (Å²) in [4.78, 5) is 10.1. The number of rotatable bonds is 3. The van der Waals surface area contributed by atoms with Crippen LogP contribution >= 0.6 is 11.6 Å². The van der Waals surface area contributed by atoms with E-state index in [1.54, 1.807) is 6.92 Å². The van der Waals surface area contributed by atoms with Crippen molar-refractivity contribution in [3.05, 3.63) is 40.0 Å². The van der Waals surface area contributed by atoms with Crippen molar-refractivity contribution in [2.24, 2.45) is 0 Å². The van der Waals surface area contributed by atoms with E-state index in [4.69, 9.17) is 16.0 Å². The Hall–Kier alpha value is -2.02. The van der Waals surface area contributed by atoms with E-state index in [0.717, 1.165) is 12.1 Å². The third-order valence-corrected chi connectivity index (χ3v) is 2.35. The quantitative estimate of drug-likeness (QED) is 0.487. The Labute approximate surface area is 106 Å². The highest BCUT2D eigenvalue weighted by Gasteiger charge is 2.22. The van der Waals surface area contributed by atoms with Crippen LogP contribution in [0.25, 0.3) is 11.5 Å². The molecule has 18 heavy (non-hydrogen) atoms. The zero-order valence-corrected chi connectivity index (χ0v) is 9.89. The zero-order chi connectivity index (χ0) is 13.3. The Balaban J connectivity index is 2.52. The van der Waals surface area contributed by atoms with E-state index in [9.17, 15) is 14.5 Å². The number of nitro groups is 1. The van der Waals surface area contributed by atoms with E-state index < -0.39 is 21.8 Å². The van der Waals surface area contributed by atoms with Crippen LogP contribution < -0.4 is 0 Å². The molecule has 6 nitrogen and oxygen atoms in total. The summed E-state index contributed by atoms with van der Waals surface area (Å²) in [5, 5.41) is 17.6. The number of hydrogen-bond acceptors (Lipinski definition) is 5. The maximum Gasteiger partial charge on any atom is 0.285 e. The lowest BCUT2D eigenvalue weighted by atomic mass is 10.2.